The Morgan fingerprint density at radius 1 is 1.16 bits per heavy atom. The number of benzene rings is 1. The highest BCUT2D eigenvalue weighted by atomic mass is 79.9. The second kappa shape index (κ2) is 5.98. The Morgan fingerprint density at radius 2 is 1.84 bits per heavy atom. The lowest BCUT2D eigenvalue weighted by Crippen LogP contribution is -2.54. The van der Waals surface area contributed by atoms with Gasteiger partial charge in [0.05, 0.1) is 12.8 Å². The molecule has 132 valence electrons. The van der Waals surface area contributed by atoms with E-state index in [1.807, 2.05) is 12.1 Å². The van der Waals surface area contributed by atoms with Gasteiger partial charge in [0, 0.05) is 21.0 Å². The Bertz CT molecular complexity index is 767. The highest BCUT2D eigenvalue weighted by Crippen LogP contribution is 2.56. The summed E-state index contributed by atoms with van der Waals surface area (Å²) in [6, 6.07) is 6.08. The molecule has 4 fully saturated rings. The summed E-state index contributed by atoms with van der Waals surface area (Å²) in [7, 11) is 1.72. The van der Waals surface area contributed by atoms with Crippen LogP contribution in [0.4, 0.5) is 5.13 Å². The van der Waals surface area contributed by atoms with Gasteiger partial charge in [-0.25, -0.2) is 4.98 Å². The Hall–Kier alpha value is -1.07. The van der Waals surface area contributed by atoms with E-state index in [9.17, 15) is 0 Å². The number of hydrogen-bond acceptors (Lipinski definition) is 4. The molecule has 2 aromatic rings. The lowest BCUT2D eigenvalue weighted by Gasteiger charge is -2.56. The van der Waals surface area contributed by atoms with Crippen LogP contribution in [-0.2, 0) is 0 Å². The van der Waals surface area contributed by atoms with Crippen LogP contribution in [0.3, 0.4) is 0 Å². The third-order valence-corrected chi connectivity index (χ3v) is 7.60. The molecule has 4 bridgehead atoms. The number of hydrogen-bond donors (Lipinski definition) is 1. The molecule has 1 heterocycles. The third-order valence-electron chi connectivity index (χ3n) is 6.35. The van der Waals surface area contributed by atoms with Gasteiger partial charge in [-0.1, -0.05) is 15.9 Å². The van der Waals surface area contributed by atoms with E-state index in [1.54, 1.807) is 18.4 Å². The maximum absolute atomic E-state index is 5.52. The lowest BCUT2D eigenvalue weighted by atomic mass is 9.53. The van der Waals surface area contributed by atoms with Crippen molar-refractivity contribution in [2.24, 2.45) is 17.8 Å². The zero-order valence-corrected chi connectivity index (χ0v) is 16.8. The molecule has 1 aromatic heterocycles. The first-order chi connectivity index (χ1) is 12.1. The molecule has 6 rings (SSSR count). The van der Waals surface area contributed by atoms with Crippen LogP contribution in [0.15, 0.2) is 28.1 Å². The fourth-order valence-electron chi connectivity index (χ4n) is 5.83. The Kier molecular flexibility index (Phi) is 3.86. The number of ether oxygens (including phenoxy) is 1. The van der Waals surface area contributed by atoms with Crippen molar-refractivity contribution in [3.8, 4) is 17.0 Å². The van der Waals surface area contributed by atoms with Crippen molar-refractivity contribution < 1.29 is 4.74 Å². The predicted molar refractivity (Wildman–Crippen MR) is 106 cm³/mol. The minimum absolute atomic E-state index is 0.311. The molecule has 0 unspecified atom stereocenters. The van der Waals surface area contributed by atoms with Gasteiger partial charge in [-0.05, 0) is 74.5 Å². The summed E-state index contributed by atoms with van der Waals surface area (Å²) in [6.07, 6.45) is 8.44. The highest BCUT2D eigenvalue weighted by Gasteiger charge is 2.51. The Balaban J connectivity index is 1.41. The smallest absolute Gasteiger partial charge is 0.183 e. The Labute approximate surface area is 161 Å². The van der Waals surface area contributed by atoms with Gasteiger partial charge in [-0.2, -0.15) is 0 Å². The molecule has 0 aliphatic heterocycles. The normalized spacial score (nSPS) is 32.8. The number of methoxy groups -OCH3 is 1. The number of halogens is 1. The molecular weight excluding hydrogens is 396 g/mol. The van der Waals surface area contributed by atoms with Crippen LogP contribution in [0.5, 0.6) is 5.75 Å². The van der Waals surface area contributed by atoms with Crippen molar-refractivity contribution in [3.05, 3.63) is 28.1 Å². The van der Waals surface area contributed by atoms with E-state index in [-0.39, 0.29) is 0 Å². The van der Waals surface area contributed by atoms with Crippen molar-refractivity contribution in [1.29, 1.82) is 0 Å². The maximum Gasteiger partial charge on any atom is 0.183 e. The first kappa shape index (κ1) is 16.1. The van der Waals surface area contributed by atoms with Gasteiger partial charge in [-0.3, -0.25) is 0 Å². The van der Waals surface area contributed by atoms with Gasteiger partial charge >= 0.3 is 0 Å². The molecule has 4 aliphatic carbocycles. The third kappa shape index (κ3) is 2.89. The molecule has 0 amide bonds. The standard InChI is InChI=1S/C20H23BrN2OS/c1-24-18-3-2-15(21)7-16(18)17-11-25-19(22-17)23-20-8-12-4-13(9-20)6-14(5-12)10-20/h2-3,7,11-14H,4-6,8-10H2,1H3,(H,22,23). The second-order valence-corrected chi connectivity index (χ2v) is 9.98. The molecule has 0 saturated heterocycles. The summed E-state index contributed by atoms with van der Waals surface area (Å²) in [5, 5.41) is 7.10. The molecule has 0 radical (unpaired) electrons. The minimum Gasteiger partial charge on any atom is -0.496 e. The molecule has 0 atom stereocenters. The van der Waals surface area contributed by atoms with E-state index >= 15 is 0 Å². The van der Waals surface area contributed by atoms with Crippen molar-refractivity contribution in [2.75, 3.05) is 12.4 Å². The summed E-state index contributed by atoms with van der Waals surface area (Å²) in [4.78, 5) is 4.91. The van der Waals surface area contributed by atoms with Crippen LogP contribution < -0.4 is 10.1 Å². The predicted octanol–water partition coefficient (Wildman–Crippen LogP) is 5.96. The molecule has 3 nitrogen and oxygen atoms in total. The number of anilines is 1. The molecule has 4 aliphatic rings. The van der Waals surface area contributed by atoms with E-state index in [0.717, 1.165) is 44.4 Å². The fourth-order valence-corrected chi connectivity index (χ4v) is 7.02. The summed E-state index contributed by atoms with van der Waals surface area (Å²) >= 11 is 5.28. The van der Waals surface area contributed by atoms with Gasteiger partial charge in [0.1, 0.15) is 5.75 Å². The van der Waals surface area contributed by atoms with Crippen LogP contribution in [0.2, 0.25) is 0 Å². The number of thiazole rings is 1. The molecular formula is C20H23BrN2OS. The van der Waals surface area contributed by atoms with Crippen LogP contribution in [-0.4, -0.2) is 17.6 Å². The summed E-state index contributed by atoms with van der Waals surface area (Å²) in [5.74, 6) is 3.71. The molecule has 1 N–H and O–H groups in total. The van der Waals surface area contributed by atoms with Crippen molar-refractivity contribution in [1.82, 2.24) is 4.98 Å². The van der Waals surface area contributed by atoms with Gasteiger partial charge in [0.25, 0.3) is 0 Å². The number of aromatic nitrogens is 1. The summed E-state index contributed by atoms with van der Waals surface area (Å²) in [6.45, 7) is 0. The first-order valence-corrected chi connectivity index (χ1v) is 10.9. The van der Waals surface area contributed by atoms with Crippen LogP contribution in [0.1, 0.15) is 38.5 Å². The van der Waals surface area contributed by atoms with Crippen molar-refractivity contribution in [3.63, 3.8) is 0 Å². The topological polar surface area (TPSA) is 34.1 Å². The lowest BCUT2D eigenvalue weighted by molar-refractivity contribution is 0.0107. The van der Waals surface area contributed by atoms with E-state index in [4.69, 9.17) is 9.72 Å². The minimum atomic E-state index is 0.311. The maximum atomic E-state index is 5.52. The number of rotatable bonds is 4. The summed E-state index contributed by atoms with van der Waals surface area (Å²) in [5.41, 5.74) is 2.35. The van der Waals surface area contributed by atoms with Crippen LogP contribution >= 0.6 is 27.3 Å². The zero-order valence-electron chi connectivity index (χ0n) is 14.4. The van der Waals surface area contributed by atoms with Gasteiger partial charge in [0.15, 0.2) is 5.13 Å². The molecule has 4 saturated carbocycles. The number of nitrogens with zero attached hydrogens (tertiary/aromatic N) is 1. The van der Waals surface area contributed by atoms with Crippen molar-refractivity contribution in [2.45, 2.75) is 44.1 Å². The molecule has 5 heteroatoms. The highest BCUT2D eigenvalue weighted by molar-refractivity contribution is 9.10. The molecule has 25 heavy (non-hydrogen) atoms. The van der Waals surface area contributed by atoms with Gasteiger partial charge in [-0.15, -0.1) is 11.3 Å². The average Bonchev–Trinajstić information content (AvgIpc) is 3.01. The zero-order chi connectivity index (χ0) is 17.0. The van der Waals surface area contributed by atoms with Crippen molar-refractivity contribution >= 4 is 32.4 Å². The van der Waals surface area contributed by atoms with Crippen LogP contribution in [0.25, 0.3) is 11.3 Å². The molecule has 0 spiro atoms. The van der Waals surface area contributed by atoms with E-state index < -0.39 is 0 Å². The molecule has 1 aromatic carbocycles. The van der Waals surface area contributed by atoms with Crippen LogP contribution in [0, 0.1) is 17.8 Å². The van der Waals surface area contributed by atoms with Gasteiger partial charge in [0.2, 0.25) is 0 Å². The van der Waals surface area contributed by atoms with E-state index in [0.29, 0.717) is 5.54 Å². The van der Waals surface area contributed by atoms with E-state index in [1.165, 1.54) is 38.5 Å². The van der Waals surface area contributed by atoms with Gasteiger partial charge < -0.3 is 10.1 Å². The second-order valence-electron chi connectivity index (χ2n) is 8.21. The first-order valence-electron chi connectivity index (χ1n) is 9.20. The summed E-state index contributed by atoms with van der Waals surface area (Å²) < 4.78 is 6.57. The quantitative estimate of drug-likeness (QED) is 0.664. The fraction of sp³-hybridized carbons (Fsp3) is 0.550. The average molecular weight is 419 g/mol. The Morgan fingerprint density at radius 3 is 2.48 bits per heavy atom. The SMILES string of the molecule is COc1ccc(Br)cc1-c1csc(NC23CC4CC(CC(C4)C2)C3)n1. The monoisotopic (exact) mass is 418 g/mol. The number of nitrogens with one attached hydrogen (secondary N) is 1. The largest absolute Gasteiger partial charge is 0.496 e. The van der Waals surface area contributed by atoms with E-state index in [2.05, 4.69) is 32.7 Å².